The standard InChI is InChI=1S/C20H20N2O3/c1-12-8-9-18(25-3)15(10-12)13(2)21-19(23)16-11-14-6-4-5-7-17(14)22-20(16)24/h4-11,13H,1-3H3,(H,21,23)(H,22,24). The van der Waals surface area contributed by atoms with Crippen LogP contribution in [0.4, 0.5) is 0 Å². The summed E-state index contributed by atoms with van der Waals surface area (Å²) in [6.07, 6.45) is 0. The molecular formula is C20H20N2O3. The zero-order valence-corrected chi connectivity index (χ0v) is 14.4. The van der Waals surface area contributed by atoms with Crippen LogP contribution in [0.25, 0.3) is 10.9 Å². The van der Waals surface area contributed by atoms with E-state index in [0.717, 1.165) is 16.5 Å². The molecule has 5 heteroatoms. The molecule has 0 aliphatic carbocycles. The van der Waals surface area contributed by atoms with Gasteiger partial charge in [-0.2, -0.15) is 0 Å². The number of benzene rings is 2. The fourth-order valence-electron chi connectivity index (χ4n) is 2.86. The number of aryl methyl sites for hydroxylation is 1. The van der Waals surface area contributed by atoms with Gasteiger partial charge in [0.25, 0.3) is 11.5 Å². The summed E-state index contributed by atoms with van der Waals surface area (Å²) in [4.78, 5) is 27.6. The highest BCUT2D eigenvalue weighted by molar-refractivity contribution is 5.97. The van der Waals surface area contributed by atoms with Crippen LogP contribution in [0.5, 0.6) is 5.75 Å². The first kappa shape index (κ1) is 16.8. The summed E-state index contributed by atoms with van der Waals surface area (Å²) in [6.45, 7) is 3.84. The fourth-order valence-corrected chi connectivity index (χ4v) is 2.86. The lowest BCUT2D eigenvalue weighted by Gasteiger charge is -2.18. The van der Waals surface area contributed by atoms with Crippen LogP contribution in [-0.2, 0) is 0 Å². The number of methoxy groups -OCH3 is 1. The van der Waals surface area contributed by atoms with Crippen molar-refractivity contribution in [2.45, 2.75) is 19.9 Å². The molecule has 0 fully saturated rings. The highest BCUT2D eigenvalue weighted by Gasteiger charge is 2.18. The summed E-state index contributed by atoms with van der Waals surface area (Å²) < 4.78 is 5.37. The van der Waals surface area contributed by atoms with Crippen LogP contribution in [0, 0.1) is 6.92 Å². The molecule has 5 nitrogen and oxygen atoms in total. The number of nitrogens with one attached hydrogen (secondary N) is 2. The van der Waals surface area contributed by atoms with Crippen molar-refractivity contribution in [2.75, 3.05) is 7.11 Å². The maximum atomic E-state index is 12.6. The van der Waals surface area contributed by atoms with E-state index in [1.807, 2.05) is 50.2 Å². The average molecular weight is 336 g/mol. The van der Waals surface area contributed by atoms with Crippen molar-refractivity contribution in [2.24, 2.45) is 0 Å². The molecule has 0 saturated heterocycles. The first-order valence-corrected chi connectivity index (χ1v) is 8.07. The largest absolute Gasteiger partial charge is 0.496 e. The predicted octanol–water partition coefficient (Wildman–Crippen LogP) is 3.34. The number of ether oxygens (including phenoxy) is 1. The van der Waals surface area contributed by atoms with Crippen LogP contribution in [0.1, 0.15) is 34.5 Å². The van der Waals surface area contributed by atoms with Gasteiger partial charge < -0.3 is 15.0 Å². The molecule has 0 saturated carbocycles. The second-order valence-electron chi connectivity index (χ2n) is 6.04. The van der Waals surface area contributed by atoms with Crippen molar-refractivity contribution in [3.8, 4) is 5.75 Å². The summed E-state index contributed by atoms with van der Waals surface area (Å²) >= 11 is 0. The fraction of sp³-hybridized carbons (Fsp3) is 0.200. The molecule has 3 rings (SSSR count). The summed E-state index contributed by atoms with van der Waals surface area (Å²) in [7, 11) is 1.59. The van der Waals surface area contributed by atoms with Crippen molar-refractivity contribution < 1.29 is 9.53 Å². The number of para-hydroxylation sites is 1. The Balaban J connectivity index is 1.91. The third-order valence-electron chi connectivity index (χ3n) is 4.20. The van der Waals surface area contributed by atoms with Crippen molar-refractivity contribution in [3.63, 3.8) is 0 Å². The van der Waals surface area contributed by atoms with Gasteiger partial charge in [-0.1, -0.05) is 35.9 Å². The van der Waals surface area contributed by atoms with Crippen LogP contribution in [0.15, 0.2) is 53.3 Å². The Morgan fingerprint density at radius 2 is 1.92 bits per heavy atom. The van der Waals surface area contributed by atoms with E-state index in [1.165, 1.54) is 0 Å². The molecule has 1 heterocycles. The number of pyridine rings is 1. The molecule has 2 N–H and O–H groups in total. The third kappa shape index (κ3) is 3.40. The highest BCUT2D eigenvalue weighted by atomic mass is 16.5. The zero-order chi connectivity index (χ0) is 18.0. The van der Waals surface area contributed by atoms with Crippen molar-refractivity contribution in [1.82, 2.24) is 10.3 Å². The van der Waals surface area contributed by atoms with Gasteiger partial charge in [0.15, 0.2) is 0 Å². The zero-order valence-electron chi connectivity index (χ0n) is 14.4. The number of carbonyl (C=O) groups excluding carboxylic acids is 1. The van der Waals surface area contributed by atoms with Gasteiger partial charge in [-0.3, -0.25) is 9.59 Å². The van der Waals surface area contributed by atoms with Gasteiger partial charge in [-0.05, 0) is 37.4 Å². The second-order valence-corrected chi connectivity index (χ2v) is 6.04. The molecule has 128 valence electrons. The van der Waals surface area contributed by atoms with Crippen LogP contribution in [-0.4, -0.2) is 18.0 Å². The van der Waals surface area contributed by atoms with Gasteiger partial charge in [-0.25, -0.2) is 0 Å². The minimum absolute atomic E-state index is 0.0946. The average Bonchev–Trinajstić information content (AvgIpc) is 2.60. The molecule has 3 aromatic rings. The highest BCUT2D eigenvalue weighted by Crippen LogP contribution is 2.26. The van der Waals surface area contributed by atoms with Crippen molar-refractivity contribution in [3.05, 3.63) is 75.6 Å². The van der Waals surface area contributed by atoms with E-state index in [4.69, 9.17) is 4.74 Å². The molecule has 0 aliphatic rings. The Labute approximate surface area is 145 Å². The monoisotopic (exact) mass is 336 g/mol. The third-order valence-corrected chi connectivity index (χ3v) is 4.20. The van der Waals surface area contributed by atoms with Crippen LogP contribution in [0.3, 0.4) is 0 Å². The lowest BCUT2D eigenvalue weighted by atomic mass is 10.0. The number of aromatic amines is 1. The number of H-pyrrole nitrogens is 1. The Hall–Kier alpha value is -3.08. The van der Waals surface area contributed by atoms with Gasteiger partial charge in [0.1, 0.15) is 11.3 Å². The SMILES string of the molecule is COc1ccc(C)cc1C(C)NC(=O)c1cc2ccccc2[nH]c1=O. The summed E-state index contributed by atoms with van der Waals surface area (Å²) in [6, 6.07) is 14.5. The molecule has 25 heavy (non-hydrogen) atoms. The van der Waals surface area contributed by atoms with Crippen molar-refractivity contribution in [1.29, 1.82) is 0 Å². The summed E-state index contributed by atoms with van der Waals surface area (Å²) in [5.74, 6) is 0.286. The smallest absolute Gasteiger partial charge is 0.261 e. The van der Waals surface area contributed by atoms with Gasteiger partial charge in [0.2, 0.25) is 0 Å². The maximum absolute atomic E-state index is 12.6. The van der Waals surface area contributed by atoms with E-state index in [0.29, 0.717) is 11.3 Å². The van der Waals surface area contributed by atoms with E-state index >= 15 is 0 Å². The number of hydrogen-bond donors (Lipinski definition) is 2. The van der Waals surface area contributed by atoms with E-state index in [1.54, 1.807) is 19.2 Å². The van der Waals surface area contributed by atoms with E-state index in [-0.39, 0.29) is 11.6 Å². The number of amides is 1. The lowest BCUT2D eigenvalue weighted by molar-refractivity contribution is 0.0938. The minimum atomic E-state index is -0.414. The van der Waals surface area contributed by atoms with E-state index in [2.05, 4.69) is 10.3 Å². The molecule has 1 unspecified atom stereocenters. The minimum Gasteiger partial charge on any atom is -0.496 e. The van der Waals surface area contributed by atoms with Gasteiger partial charge >= 0.3 is 0 Å². The Morgan fingerprint density at radius 1 is 1.16 bits per heavy atom. The predicted molar refractivity (Wildman–Crippen MR) is 98.2 cm³/mol. The first-order valence-electron chi connectivity index (χ1n) is 8.07. The van der Waals surface area contributed by atoms with Crippen LogP contribution >= 0.6 is 0 Å². The van der Waals surface area contributed by atoms with Gasteiger partial charge in [0, 0.05) is 11.1 Å². The number of aromatic nitrogens is 1. The summed E-state index contributed by atoms with van der Waals surface area (Å²) in [5.41, 5.74) is 2.34. The van der Waals surface area contributed by atoms with Crippen LogP contribution in [0.2, 0.25) is 0 Å². The molecule has 0 bridgehead atoms. The summed E-state index contributed by atoms with van der Waals surface area (Å²) in [5, 5.41) is 3.69. The molecule has 1 aromatic heterocycles. The van der Waals surface area contributed by atoms with Crippen LogP contribution < -0.4 is 15.6 Å². The number of hydrogen-bond acceptors (Lipinski definition) is 3. The van der Waals surface area contributed by atoms with Gasteiger partial charge in [-0.15, -0.1) is 0 Å². The lowest BCUT2D eigenvalue weighted by Crippen LogP contribution is -2.31. The first-order chi connectivity index (χ1) is 12.0. The van der Waals surface area contributed by atoms with Gasteiger partial charge in [0.05, 0.1) is 13.2 Å². The number of fused-ring (bicyclic) bond motifs is 1. The second kappa shape index (κ2) is 6.81. The molecule has 0 spiro atoms. The van der Waals surface area contributed by atoms with E-state index in [9.17, 15) is 9.59 Å². The molecular weight excluding hydrogens is 316 g/mol. The maximum Gasteiger partial charge on any atom is 0.261 e. The number of rotatable bonds is 4. The quantitative estimate of drug-likeness (QED) is 0.767. The van der Waals surface area contributed by atoms with Crippen molar-refractivity contribution >= 4 is 16.8 Å². The molecule has 0 radical (unpaired) electrons. The number of carbonyl (C=O) groups is 1. The molecule has 1 atom stereocenters. The Morgan fingerprint density at radius 3 is 2.68 bits per heavy atom. The molecule has 0 aliphatic heterocycles. The van der Waals surface area contributed by atoms with E-state index < -0.39 is 11.5 Å². The Bertz CT molecular complexity index is 992. The molecule has 1 amide bonds. The molecule has 2 aromatic carbocycles. The Kier molecular flexibility index (Phi) is 4.57. The topological polar surface area (TPSA) is 71.2 Å². The normalized spacial score (nSPS) is 12.0.